The number of aliphatic hydroxyl groups excluding tert-OH is 1. The van der Waals surface area contributed by atoms with Crippen LogP contribution in [-0.2, 0) is 0 Å². The Labute approximate surface area is 121 Å². The van der Waals surface area contributed by atoms with E-state index in [2.05, 4.69) is 43.1 Å². The van der Waals surface area contributed by atoms with Gasteiger partial charge in [-0.15, -0.1) is 0 Å². The molecule has 1 N–H and O–H groups in total. The van der Waals surface area contributed by atoms with Gasteiger partial charge in [0.05, 0.1) is 6.10 Å². The topological polar surface area (TPSA) is 23.5 Å². The lowest BCUT2D eigenvalue weighted by atomic mass is 10.0. The summed E-state index contributed by atoms with van der Waals surface area (Å²) in [7, 11) is 2.06. The fourth-order valence-corrected chi connectivity index (χ4v) is 2.50. The maximum atomic E-state index is 10.2. The van der Waals surface area contributed by atoms with E-state index in [1.807, 2.05) is 36.4 Å². The van der Waals surface area contributed by atoms with E-state index in [4.69, 9.17) is 0 Å². The van der Waals surface area contributed by atoms with Crippen LogP contribution in [0.25, 0.3) is 0 Å². The molecule has 0 radical (unpaired) electrons. The predicted molar refractivity (Wildman–Crippen MR) is 83.8 cm³/mol. The van der Waals surface area contributed by atoms with E-state index in [0.29, 0.717) is 12.5 Å². The monoisotopic (exact) mass is 269 g/mol. The van der Waals surface area contributed by atoms with Gasteiger partial charge in [-0.3, -0.25) is 0 Å². The molecule has 20 heavy (non-hydrogen) atoms. The van der Waals surface area contributed by atoms with Gasteiger partial charge in [0.15, 0.2) is 0 Å². The summed E-state index contributed by atoms with van der Waals surface area (Å²) in [5.74, 6) is 0.462. The molecule has 0 aliphatic rings. The molecular formula is C18H23NO. The normalized spacial score (nSPS) is 14.2. The van der Waals surface area contributed by atoms with Crippen molar-refractivity contribution in [1.29, 1.82) is 0 Å². The Kier molecular flexibility index (Phi) is 5.33. The van der Waals surface area contributed by atoms with Gasteiger partial charge in [-0.25, -0.2) is 0 Å². The number of likely N-dealkylation sites (N-methyl/N-ethyl adjacent to an activating group) is 1. The van der Waals surface area contributed by atoms with Crippen molar-refractivity contribution in [3.8, 4) is 0 Å². The SMILES string of the molecule is CC(CN(C)CC(O)c1ccccc1)c1ccccc1. The van der Waals surface area contributed by atoms with E-state index in [-0.39, 0.29) is 0 Å². The van der Waals surface area contributed by atoms with Crippen LogP contribution in [0.5, 0.6) is 0 Å². The minimum absolute atomic E-state index is 0.427. The van der Waals surface area contributed by atoms with Gasteiger partial charge in [-0.2, -0.15) is 0 Å². The molecule has 0 spiro atoms. The van der Waals surface area contributed by atoms with Crippen molar-refractivity contribution in [2.45, 2.75) is 18.9 Å². The Hall–Kier alpha value is -1.64. The molecule has 0 amide bonds. The van der Waals surface area contributed by atoms with E-state index in [1.165, 1.54) is 5.56 Å². The molecule has 106 valence electrons. The minimum atomic E-state index is -0.427. The van der Waals surface area contributed by atoms with Gasteiger partial charge in [0.25, 0.3) is 0 Å². The highest BCUT2D eigenvalue weighted by Crippen LogP contribution is 2.18. The number of hydrogen-bond acceptors (Lipinski definition) is 2. The molecule has 2 aromatic carbocycles. The van der Waals surface area contributed by atoms with Crippen LogP contribution in [0.4, 0.5) is 0 Å². The third-order valence-electron chi connectivity index (χ3n) is 3.62. The Morgan fingerprint density at radius 1 is 0.850 bits per heavy atom. The van der Waals surface area contributed by atoms with Gasteiger partial charge in [0.2, 0.25) is 0 Å². The van der Waals surface area contributed by atoms with Crippen molar-refractivity contribution < 1.29 is 5.11 Å². The van der Waals surface area contributed by atoms with Crippen LogP contribution in [-0.4, -0.2) is 30.1 Å². The second-order valence-electron chi connectivity index (χ2n) is 5.46. The minimum Gasteiger partial charge on any atom is -0.387 e. The summed E-state index contributed by atoms with van der Waals surface area (Å²) >= 11 is 0. The van der Waals surface area contributed by atoms with E-state index < -0.39 is 6.10 Å². The average Bonchev–Trinajstić information content (AvgIpc) is 2.49. The number of rotatable bonds is 6. The van der Waals surface area contributed by atoms with Crippen LogP contribution < -0.4 is 0 Å². The number of benzene rings is 2. The van der Waals surface area contributed by atoms with Gasteiger partial charge < -0.3 is 10.0 Å². The Morgan fingerprint density at radius 2 is 1.35 bits per heavy atom. The summed E-state index contributed by atoms with van der Waals surface area (Å²) in [6, 6.07) is 20.3. The van der Waals surface area contributed by atoms with Gasteiger partial charge in [0.1, 0.15) is 0 Å². The number of nitrogens with zero attached hydrogens (tertiary/aromatic N) is 1. The summed E-state index contributed by atoms with van der Waals surface area (Å²) in [4.78, 5) is 2.19. The molecule has 0 aliphatic carbocycles. The zero-order chi connectivity index (χ0) is 14.4. The van der Waals surface area contributed by atoms with Crippen LogP contribution in [0, 0.1) is 0 Å². The zero-order valence-corrected chi connectivity index (χ0v) is 12.2. The third-order valence-corrected chi connectivity index (χ3v) is 3.62. The van der Waals surface area contributed by atoms with Crippen LogP contribution in [0.1, 0.15) is 30.1 Å². The summed E-state index contributed by atoms with van der Waals surface area (Å²) in [6.07, 6.45) is -0.427. The van der Waals surface area contributed by atoms with Gasteiger partial charge >= 0.3 is 0 Å². The maximum absolute atomic E-state index is 10.2. The first-order valence-electron chi connectivity index (χ1n) is 7.13. The summed E-state index contributed by atoms with van der Waals surface area (Å²) in [5.41, 5.74) is 2.32. The highest BCUT2D eigenvalue weighted by Gasteiger charge is 2.13. The summed E-state index contributed by atoms with van der Waals surface area (Å²) in [6.45, 7) is 3.82. The molecule has 0 saturated carbocycles. The molecule has 2 unspecified atom stereocenters. The van der Waals surface area contributed by atoms with Crippen LogP contribution in [0.3, 0.4) is 0 Å². The molecule has 0 bridgehead atoms. The lowest BCUT2D eigenvalue weighted by Crippen LogP contribution is -2.28. The van der Waals surface area contributed by atoms with Gasteiger partial charge in [-0.05, 0) is 24.1 Å². The standard InChI is InChI=1S/C18H23NO/c1-15(16-9-5-3-6-10-16)13-19(2)14-18(20)17-11-7-4-8-12-17/h3-12,15,18,20H,13-14H2,1-2H3. The maximum Gasteiger partial charge on any atom is 0.0916 e. The molecule has 0 saturated heterocycles. The number of aliphatic hydroxyl groups is 1. The van der Waals surface area contributed by atoms with Crippen molar-refractivity contribution in [2.75, 3.05) is 20.1 Å². The lowest BCUT2D eigenvalue weighted by molar-refractivity contribution is 0.124. The molecule has 2 aromatic rings. The van der Waals surface area contributed by atoms with Crippen LogP contribution >= 0.6 is 0 Å². The first kappa shape index (κ1) is 14.8. The highest BCUT2D eigenvalue weighted by molar-refractivity contribution is 5.19. The molecule has 2 heteroatoms. The largest absolute Gasteiger partial charge is 0.387 e. The fourth-order valence-electron chi connectivity index (χ4n) is 2.50. The molecule has 0 aromatic heterocycles. The first-order valence-corrected chi connectivity index (χ1v) is 7.13. The van der Waals surface area contributed by atoms with Crippen molar-refractivity contribution >= 4 is 0 Å². The van der Waals surface area contributed by atoms with Gasteiger partial charge in [-0.1, -0.05) is 67.6 Å². The average molecular weight is 269 g/mol. The van der Waals surface area contributed by atoms with Crippen LogP contribution in [0.2, 0.25) is 0 Å². The van der Waals surface area contributed by atoms with Crippen molar-refractivity contribution in [1.82, 2.24) is 4.90 Å². The third kappa shape index (κ3) is 4.19. The fraction of sp³-hybridized carbons (Fsp3) is 0.333. The van der Waals surface area contributed by atoms with Gasteiger partial charge in [0, 0.05) is 13.1 Å². The Balaban J connectivity index is 1.88. The van der Waals surface area contributed by atoms with E-state index in [9.17, 15) is 5.11 Å². The summed E-state index contributed by atoms with van der Waals surface area (Å²) in [5, 5.41) is 10.2. The second kappa shape index (κ2) is 7.22. The molecule has 0 aliphatic heterocycles. The van der Waals surface area contributed by atoms with E-state index in [0.717, 1.165) is 12.1 Å². The Morgan fingerprint density at radius 3 is 1.90 bits per heavy atom. The molecular weight excluding hydrogens is 246 g/mol. The summed E-state index contributed by atoms with van der Waals surface area (Å²) < 4.78 is 0. The lowest BCUT2D eigenvalue weighted by Gasteiger charge is -2.24. The molecule has 2 nitrogen and oxygen atoms in total. The molecule has 0 fully saturated rings. The zero-order valence-electron chi connectivity index (χ0n) is 12.2. The van der Waals surface area contributed by atoms with E-state index >= 15 is 0 Å². The second-order valence-corrected chi connectivity index (χ2v) is 5.46. The highest BCUT2D eigenvalue weighted by atomic mass is 16.3. The van der Waals surface area contributed by atoms with E-state index in [1.54, 1.807) is 0 Å². The van der Waals surface area contributed by atoms with Crippen LogP contribution in [0.15, 0.2) is 60.7 Å². The first-order chi connectivity index (χ1) is 9.66. The van der Waals surface area contributed by atoms with Crippen molar-refractivity contribution in [3.05, 3.63) is 71.8 Å². The van der Waals surface area contributed by atoms with Crippen molar-refractivity contribution in [2.24, 2.45) is 0 Å². The number of hydrogen-bond donors (Lipinski definition) is 1. The molecule has 0 heterocycles. The predicted octanol–water partition coefficient (Wildman–Crippen LogP) is 3.46. The molecule has 2 rings (SSSR count). The smallest absolute Gasteiger partial charge is 0.0916 e. The quantitative estimate of drug-likeness (QED) is 0.868. The molecule has 2 atom stereocenters. The Bertz CT molecular complexity index is 450. The van der Waals surface area contributed by atoms with Crippen molar-refractivity contribution in [3.63, 3.8) is 0 Å².